The van der Waals surface area contributed by atoms with Crippen molar-refractivity contribution in [2.75, 3.05) is 13.2 Å². The van der Waals surface area contributed by atoms with Gasteiger partial charge in [-0.3, -0.25) is 0 Å². The van der Waals surface area contributed by atoms with Crippen LogP contribution in [0.1, 0.15) is 84.0 Å². The van der Waals surface area contributed by atoms with Gasteiger partial charge in [0.1, 0.15) is 0 Å². The number of aliphatic hydroxyl groups excluding tert-OH is 2. The van der Waals surface area contributed by atoms with Crippen LogP contribution in [-0.4, -0.2) is 23.4 Å². The fraction of sp³-hybridized carbons (Fsp3) is 1.00. The first-order chi connectivity index (χ1) is 8.85. The van der Waals surface area contributed by atoms with Crippen molar-refractivity contribution < 1.29 is 10.2 Å². The molecule has 0 saturated heterocycles. The molecule has 0 rings (SSSR count). The maximum absolute atomic E-state index is 8.93. The lowest BCUT2D eigenvalue weighted by Crippen LogP contribution is -2.05. The molecule has 0 saturated carbocycles. The average molecular weight is 258 g/mol. The van der Waals surface area contributed by atoms with Crippen molar-refractivity contribution in [3.63, 3.8) is 0 Å². The van der Waals surface area contributed by atoms with Crippen molar-refractivity contribution in [2.45, 2.75) is 84.0 Å². The predicted octanol–water partition coefficient (Wildman–Crippen LogP) is 4.29. The SMILES string of the molecule is CCCCCCCCCCCC(CCO)CCO. The van der Waals surface area contributed by atoms with Gasteiger partial charge in [0.15, 0.2) is 0 Å². The normalized spacial score (nSPS) is 11.3. The number of aliphatic hydroxyl groups is 2. The van der Waals surface area contributed by atoms with Crippen molar-refractivity contribution in [3.05, 3.63) is 0 Å². The molecule has 18 heavy (non-hydrogen) atoms. The van der Waals surface area contributed by atoms with Crippen LogP contribution in [0.2, 0.25) is 0 Å². The summed E-state index contributed by atoms with van der Waals surface area (Å²) in [5.74, 6) is 0.532. The lowest BCUT2D eigenvalue weighted by Gasteiger charge is -2.13. The van der Waals surface area contributed by atoms with Gasteiger partial charge in [-0.05, 0) is 18.8 Å². The zero-order chi connectivity index (χ0) is 13.5. The maximum atomic E-state index is 8.93. The summed E-state index contributed by atoms with van der Waals surface area (Å²) in [5, 5.41) is 17.9. The monoisotopic (exact) mass is 258 g/mol. The van der Waals surface area contributed by atoms with E-state index in [9.17, 15) is 0 Å². The van der Waals surface area contributed by atoms with Gasteiger partial charge in [-0.2, -0.15) is 0 Å². The number of hydrogen-bond acceptors (Lipinski definition) is 2. The fourth-order valence-corrected chi connectivity index (χ4v) is 2.54. The molecule has 0 aromatic heterocycles. The van der Waals surface area contributed by atoms with Gasteiger partial charge in [0.05, 0.1) is 0 Å². The highest BCUT2D eigenvalue weighted by Crippen LogP contribution is 2.18. The molecule has 2 N–H and O–H groups in total. The van der Waals surface area contributed by atoms with Gasteiger partial charge >= 0.3 is 0 Å². The predicted molar refractivity (Wildman–Crippen MR) is 78.7 cm³/mol. The van der Waals surface area contributed by atoms with E-state index in [0.717, 1.165) is 12.8 Å². The molecular formula is C16H34O2. The topological polar surface area (TPSA) is 40.5 Å². The van der Waals surface area contributed by atoms with Gasteiger partial charge in [-0.25, -0.2) is 0 Å². The molecular weight excluding hydrogens is 224 g/mol. The second-order valence-corrected chi connectivity index (χ2v) is 5.51. The van der Waals surface area contributed by atoms with Crippen LogP contribution in [0.3, 0.4) is 0 Å². The summed E-state index contributed by atoms with van der Waals surface area (Å²) in [6, 6.07) is 0. The van der Waals surface area contributed by atoms with Crippen LogP contribution in [0, 0.1) is 5.92 Å². The van der Waals surface area contributed by atoms with Crippen LogP contribution in [0.4, 0.5) is 0 Å². The van der Waals surface area contributed by atoms with Crippen LogP contribution in [0.15, 0.2) is 0 Å². The quantitative estimate of drug-likeness (QED) is 0.456. The molecule has 2 heteroatoms. The van der Waals surface area contributed by atoms with Crippen molar-refractivity contribution in [3.8, 4) is 0 Å². The highest BCUT2D eigenvalue weighted by Gasteiger charge is 2.06. The average Bonchev–Trinajstić information content (AvgIpc) is 2.37. The van der Waals surface area contributed by atoms with Gasteiger partial charge in [0.2, 0.25) is 0 Å². The van der Waals surface area contributed by atoms with Gasteiger partial charge in [0.25, 0.3) is 0 Å². The molecule has 110 valence electrons. The third kappa shape index (κ3) is 12.4. The third-order valence-electron chi connectivity index (χ3n) is 3.79. The molecule has 2 nitrogen and oxygen atoms in total. The van der Waals surface area contributed by atoms with Gasteiger partial charge in [0, 0.05) is 13.2 Å². The highest BCUT2D eigenvalue weighted by molar-refractivity contribution is 4.59. The van der Waals surface area contributed by atoms with E-state index in [-0.39, 0.29) is 13.2 Å². The first kappa shape index (κ1) is 17.9. The molecule has 0 aliphatic rings. The highest BCUT2D eigenvalue weighted by atomic mass is 16.3. The number of rotatable bonds is 14. The molecule has 0 fully saturated rings. The van der Waals surface area contributed by atoms with E-state index >= 15 is 0 Å². The van der Waals surface area contributed by atoms with E-state index < -0.39 is 0 Å². The zero-order valence-corrected chi connectivity index (χ0v) is 12.4. The summed E-state index contributed by atoms with van der Waals surface area (Å²) < 4.78 is 0. The Kier molecular flexibility index (Phi) is 14.9. The van der Waals surface area contributed by atoms with E-state index in [1.54, 1.807) is 0 Å². The Balaban J connectivity index is 3.21. The smallest absolute Gasteiger partial charge is 0.0433 e. The Labute approximate surface area is 114 Å². The summed E-state index contributed by atoms with van der Waals surface area (Å²) in [5.41, 5.74) is 0. The second-order valence-electron chi connectivity index (χ2n) is 5.51. The van der Waals surface area contributed by atoms with Gasteiger partial charge in [-0.15, -0.1) is 0 Å². The lowest BCUT2D eigenvalue weighted by molar-refractivity contribution is 0.207. The fourth-order valence-electron chi connectivity index (χ4n) is 2.54. The zero-order valence-electron chi connectivity index (χ0n) is 12.4. The summed E-state index contributed by atoms with van der Waals surface area (Å²) in [6.45, 7) is 2.79. The molecule has 0 aliphatic carbocycles. The molecule has 0 amide bonds. The largest absolute Gasteiger partial charge is 0.396 e. The lowest BCUT2D eigenvalue weighted by atomic mass is 9.94. The minimum absolute atomic E-state index is 0.266. The van der Waals surface area contributed by atoms with E-state index in [1.807, 2.05) is 0 Å². The van der Waals surface area contributed by atoms with E-state index in [4.69, 9.17) is 10.2 Å². The summed E-state index contributed by atoms with van der Waals surface area (Å²) >= 11 is 0. The molecule has 0 bridgehead atoms. The molecule has 0 aliphatic heterocycles. The van der Waals surface area contributed by atoms with Crippen LogP contribution in [-0.2, 0) is 0 Å². The maximum Gasteiger partial charge on any atom is 0.0433 e. The summed E-state index contributed by atoms with van der Waals surface area (Å²) in [7, 11) is 0. The second kappa shape index (κ2) is 15.0. The van der Waals surface area contributed by atoms with Crippen LogP contribution >= 0.6 is 0 Å². The van der Waals surface area contributed by atoms with Crippen LogP contribution in [0.25, 0.3) is 0 Å². The summed E-state index contributed by atoms with van der Waals surface area (Å²) in [4.78, 5) is 0. The molecule has 0 aromatic rings. The molecule has 0 unspecified atom stereocenters. The first-order valence-electron chi connectivity index (χ1n) is 8.06. The van der Waals surface area contributed by atoms with E-state index in [0.29, 0.717) is 5.92 Å². The van der Waals surface area contributed by atoms with E-state index in [2.05, 4.69) is 6.92 Å². The van der Waals surface area contributed by atoms with Crippen molar-refractivity contribution in [1.29, 1.82) is 0 Å². The van der Waals surface area contributed by atoms with Gasteiger partial charge < -0.3 is 10.2 Å². The van der Waals surface area contributed by atoms with E-state index in [1.165, 1.54) is 64.2 Å². The molecule has 0 spiro atoms. The molecule has 0 heterocycles. The van der Waals surface area contributed by atoms with Crippen molar-refractivity contribution in [2.24, 2.45) is 5.92 Å². The van der Waals surface area contributed by atoms with Crippen molar-refractivity contribution in [1.82, 2.24) is 0 Å². The Hall–Kier alpha value is -0.0800. The Morgan fingerprint density at radius 3 is 1.50 bits per heavy atom. The van der Waals surface area contributed by atoms with Crippen molar-refractivity contribution >= 4 is 0 Å². The number of hydrogen-bond donors (Lipinski definition) is 2. The Bertz CT molecular complexity index is 142. The minimum Gasteiger partial charge on any atom is -0.396 e. The standard InChI is InChI=1S/C16H34O2/c1-2-3-4-5-6-7-8-9-10-11-16(12-14-17)13-15-18/h16-18H,2-15H2,1H3. The number of unbranched alkanes of at least 4 members (excludes halogenated alkanes) is 8. The van der Waals surface area contributed by atoms with Crippen LogP contribution < -0.4 is 0 Å². The molecule has 0 radical (unpaired) electrons. The van der Waals surface area contributed by atoms with Crippen LogP contribution in [0.5, 0.6) is 0 Å². The molecule has 0 aromatic carbocycles. The Morgan fingerprint density at radius 1 is 0.611 bits per heavy atom. The minimum atomic E-state index is 0.266. The summed E-state index contributed by atoms with van der Waals surface area (Å²) in [6.07, 6.45) is 15.2. The first-order valence-corrected chi connectivity index (χ1v) is 8.06. The Morgan fingerprint density at radius 2 is 1.06 bits per heavy atom. The van der Waals surface area contributed by atoms with Gasteiger partial charge in [-0.1, -0.05) is 71.1 Å². The third-order valence-corrected chi connectivity index (χ3v) is 3.79. The molecule has 0 atom stereocenters.